The van der Waals surface area contributed by atoms with Crippen LogP contribution in [-0.4, -0.2) is 40.8 Å². The van der Waals surface area contributed by atoms with E-state index >= 15 is 0 Å². The predicted molar refractivity (Wildman–Crippen MR) is 109 cm³/mol. The quantitative estimate of drug-likeness (QED) is 0.666. The monoisotopic (exact) mass is 397 g/mol. The second kappa shape index (κ2) is 8.04. The topological polar surface area (TPSA) is 73.1 Å². The first-order chi connectivity index (χ1) is 13.6. The molecule has 3 aromatic rings. The number of benzene rings is 1. The third-order valence-electron chi connectivity index (χ3n) is 4.57. The van der Waals surface area contributed by atoms with Gasteiger partial charge in [-0.25, -0.2) is 4.98 Å². The van der Waals surface area contributed by atoms with Crippen molar-refractivity contribution in [2.45, 2.75) is 6.61 Å². The Morgan fingerprint density at radius 1 is 1.14 bits per heavy atom. The molecule has 0 aliphatic carbocycles. The van der Waals surface area contributed by atoms with E-state index in [2.05, 4.69) is 22.5 Å². The Kier molecular flexibility index (Phi) is 5.31. The van der Waals surface area contributed by atoms with Gasteiger partial charge in [0.15, 0.2) is 5.69 Å². The highest BCUT2D eigenvalue weighted by molar-refractivity contribution is 7.97. The van der Waals surface area contributed by atoms with Crippen molar-refractivity contribution in [3.05, 3.63) is 70.3 Å². The number of ether oxygens (including phenoxy) is 2. The first-order valence-corrected chi connectivity index (χ1v) is 9.37. The summed E-state index contributed by atoms with van der Waals surface area (Å²) in [4.78, 5) is 31.5. The van der Waals surface area contributed by atoms with Gasteiger partial charge >= 0.3 is 5.56 Å². The van der Waals surface area contributed by atoms with E-state index in [4.69, 9.17) is 9.47 Å². The van der Waals surface area contributed by atoms with Gasteiger partial charge in [0.1, 0.15) is 12.3 Å². The summed E-state index contributed by atoms with van der Waals surface area (Å²) >= 11 is 3.86. The van der Waals surface area contributed by atoms with E-state index in [0.717, 1.165) is 24.3 Å². The highest BCUT2D eigenvalue weighted by atomic mass is 32.1. The lowest BCUT2D eigenvalue weighted by Gasteiger charge is -2.28. The second-order valence-electron chi connectivity index (χ2n) is 6.39. The lowest BCUT2D eigenvalue weighted by molar-refractivity contribution is 0.108. The largest absolute Gasteiger partial charge is 0.481 e. The number of pyridine rings is 1. The Morgan fingerprint density at radius 3 is 2.61 bits per heavy atom. The maximum absolute atomic E-state index is 13.1. The maximum atomic E-state index is 13.1. The van der Waals surface area contributed by atoms with Crippen molar-refractivity contribution in [3.8, 4) is 5.75 Å². The number of hydrogen-bond donors (Lipinski definition) is 1. The molecule has 144 valence electrons. The summed E-state index contributed by atoms with van der Waals surface area (Å²) in [5.74, 6) is -0.0968. The molecule has 1 aliphatic rings. The number of thiol groups is 1. The van der Waals surface area contributed by atoms with Crippen molar-refractivity contribution in [1.29, 1.82) is 0 Å². The predicted octanol–water partition coefficient (Wildman–Crippen LogP) is 2.18. The Labute approximate surface area is 166 Å². The minimum Gasteiger partial charge on any atom is -0.481 e. The number of morpholine rings is 1. The maximum Gasteiger partial charge on any atom is 0.301 e. The SMILES string of the molecule is O=C(S)c1nc2ccc(N3CCOCC3)cn2c(=O)c1OCc1ccccc1. The van der Waals surface area contributed by atoms with Gasteiger partial charge in [-0.1, -0.05) is 43.0 Å². The minimum absolute atomic E-state index is 0.0802. The van der Waals surface area contributed by atoms with Crippen LogP contribution in [0.3, 0.4) is 0 Å². The molecule has 7 nitrogen and oxygen atoms in total. The van der Waals surface area contributed by atoms with Crippen molar-refractivity contribution < 1.29 is 14.3 Å². The van der Waals surface area contributed by atoms with Gasteiger partial charge < -0.3 is 14.4 Å². The molecule has 1 aliphatic heterocycles. The lowest BCUT2D eigenvalue weighted by atomic mass is 10.2. The molecule has 8 heteroatoms. The van der Waals surface area contributed by atoms with Gasteiger partial charge in [0, 0.05) is 19.3 Å². The molecule has 0 saturated carbocycles. The summed E-state index contributed by atoms with van der Waals surface area (Å²) < 4.78 is 12.5. The molecule has 0 bridgehead atoms. The molecular weight excluding hydrogens is 378 g/mol. The van der Waals surface area contributed by atoms with Crippen LogP contribution in [-0.2, 0) is 11.3 Å². The zero-order valence-corrected chi connectivity index (χ0v) is 16.0. The standard InChI is InChI=1S/C20H19N3O4S/c24-19-18(27-13-14-4-2-1-3-5-14)17(20(25)28)21-16-7-6-15(12-23(16)19)22-8-10-26-11-9-22/h1-7,12H,8-11,13H2,(H,25,28). The van der Waals surface area contributed by atoms with Crippen LogP contribution in [0.15, 0.2) is 53.5 Å². The van der Waals surface area contributed by atoms with Crippen LogP contribution in [0.4, 0.5) is 5.69 Å². The molecule has 3 heterocycles. The highest BCUT2D eigenvalue weighted by Gasteiger charge is 2.20. The third kappa shape index (κ3) is 3.74. The zero-order chi connectivity index (χ0) is 19.5. The molecule has 0 atom stereocenters. The number of anilines is 1. The molecule has 2 aromatic heterocycles. The fourth-order valence-electron chi connectivity index (χ4n) is 3.12. The summed E-state index contributed by atoms with van der Waals surface area (Å²) in [6.45, 7) is 2.94. The summed E-state index contributed by atoms with van der Waals surface area (Å²) in [5.41, 5.74) is 1.62. The van der Waals surface area contributed by atoms with E-state index in [1.54, 1.807) is 12.3 Å². The number of hydrogen-bond acceptors (Lipinski definition) is 6. The number of aromatic nitrogens is 2. The molecule has 0 radical (unpaired) electrons. The number of rotatable bonds is 5. The Balaban J connectivity index is 1.75. The molecular formula is C20H19N3O4S. The van der Waals surface area contributed by atoms with Crippen LogP contribution >= 0.6 is 12.6 Å². The van der Waals surface area contributed by atoms with E-state index in [1.807, 2.05) is 36.4 Å². The molecule has 1 aromatic carbocycles. The zero-order valence-electron chi connectivity index (χ0n) is 15.1. The minimum atomic E-state index is -0.611. The summed E-state index contributed by atoms with van der Waals surface area (Å²) in [6.07, 6.45) is 1.72. The summed E-state index contributed by atoms with van der Waals surface area (Å²) in [6, 6.07) is 13.0. The smallest absolute Gasteiger partial charge is 0.301 e. The Hall–Kier alpha value is -2.84. The third-order valence-corrected chi connectivity index (χ3v) is 4.78. The van der Waals surface area contributed by atoms with Crippen LogP contribution in [0.2, 0.25) is 0 Å². The molecule has 0 N–H and O–H groups in total. The summed E-state index contributed by atoms with van der Waals surface area (Å²) in [7, 11) is 0. The van der Waals surface area contributed by atoms with Crippen molar-refractivity contribution >= 4 is 29.1 Å². The van der Waals surface area contributed by atoms with Crippen molar-refractivity contribution in [2.75, 3.05) is 31.2 Å². The van der Waals surface area contributed by atoms with Crippen LogP contribution < -0.4 is 15.2 Å². The van der Waals surface area contributed by atoms with Gasteiger partial charge in [-0.2, -0.15) is 0 Å². The van der Waals surface area contributed by atoms with Gasteiger partial charge in [0.2, 0.25) is 10.9 Å². The van der Waals surface area contributed by atoms with Crippen LogP contribution in [0.25, 0.3) is 5.65 Å². The Morgan fingerprint density at radius 2 is 1.89 bits per heavy atom. The average molecular weight is 397 g/mol. The van der Waals surface area contributed by atoms with Gasteiger partial charge in [-0.3, -0.25) is 14.0 Å². The van der Waals surface area contributed by atoms with E-state index in [1.165, 1.54) is 4.40 Å². The lowest BCUT2D eigenvalue weighted by Crippen LogP contribution is -2.36. The highest BCUT2D eigenvalue weighted by Crippen LogP contribution is 2.20. The molecule has 1 fully saturated rings. The first kappa shape index (κ1) is 18.5. The number of fused-ring (bicyclic) bond motifs is 1. The van der Waals surface area contributed by atoms with Crippen LogP contribution in [0, 0.1) is 0 Å². The average Bonchev–Trinajstić information content (AvgIpc) is 2.74. The molecule has 0 amide bonds. The van der Waals surface area contributed by atoms with Gasteiger partial charge in [-0.15, -0.1) is 0 Å². The normalized spacial score (nSPS) is 14.2. The van der Waals surface area contributed by atoms with E-state index in [0.29, 0.717) is 18.9 Å². The fourth-order valence-corrected chi connectivity index (χ4v) is 3.28. The first-order valence-electron chi connectivity index (χ1n) is 8.92. The second-order valence-corrected chi connectivity index (χ2v) is 6.80. The molecule has 1 saturated heterocycles. The molecule has 4 rings (SSSR count). The van der Waals surface area contributed by atoms with Crippen molar-refractivity contribution in [1.82, 2.24) is 9.38 Å². The molecule has 28 heavy (non-hydrogen) atoms. The van der Waals surface area contributed by atoms with E-state index < -0.39 is 10.7 Å². The number of nitrogens with zero attached hydrogens (tertiary/aromatic N) is 3. The van der Waals surface area contributed by atoms with Gasteiger partial charge in [0.05, 0.1) is 18.9 Å². The van der Waals surface area contributed by atoms with Crippen molar-refractivity contribution in [3.63, 3.8) is 0 Å². The van der Waals surface area contributed by atoms with Crippen LogP contribution in [0.1, 0.15) is 16.1 Å². The van der Waals surface area contributed by atoms with Gasteiger partial charge in [-0.05, 0) is 17.7 Å². The van der Waals surface area contributed by atoms with Crippen molar-refractivity contribution in [2.24, 2.45) is 0 Å². The molecule has 0 unspecified atom stereocenters. The number of carbonyl (C=O) groups excluding carboxylic acids is 1. The fraction of sp³-hybridized carbons (Fsp3) is 0.250. The Bertz CT molecular complexity index is 1060. The van der Waals surface area contributed by atoms with Crippen LogP contribution in [0.5, 0.6) is 5.75 Å². The number of carbonyl (C=O) groups is 1. The van der Waals surface area contributed by atoms with E-state index in [9.17, 15) is 9.59 Å². The van der Waals surface area contributed by atoms with E-state index in [-0.39, 0.29) is 18.1 Å². The van der Waals surface area contributed by atoms with Gasteiger partial charge in [0.25, 0.3) is 0 Å². The summed E-state index contributed by atoms with van der Waals surface area (Å²) in [5, 5.41) is -0.611. The molecule has 0 spiro atoms.